The van der Waals surface area contributed by atoms with Crippen molar-refractivity contribution < 1.29 is 19.2 Å². The Morgan fingerprint density at radius 2 is 2.32 bits per heavy atom. The topological polar surface area (TPSA) is 105 Å². The molecule has 2 N–H and O–H groups in total. The van der Waals surface area contributed by atoms with Gasteiger partial charge in [-0.25, -0.2) is 4.79 Å². The Bertz CT molecular complexity index is 644. The molecule has 0 aliphatic rings. The van der Waals surface area contributed by atoms with E-state index in [2.05, 4.69) is 15.5 Å². The Hall–Kier alpha value is -2.48. The first-order valence-electron chi connectivity index (χ1n) is 5.16. The number of carbonyl (C=O) groups is 2. The van der Waals surface area contributed by atoms with Gasteiger partial charge in [0, 0.05) is 16.3 Å². The number of carbonyl (C=O) groups excluding carboxylic acids is 1. The van der Waals surface area contributed by atoms with Crippen molar-refractivity contribution in [1.82, 2.24) is 10.1 Å². The van der Waals surface area contributed by atoms with Crippen LogP contribution in [0, 0.1) is 6.92 Å². The lowest BCUT2D eigenvalue weighted by atomic mass is 10.3. The number of aryl methyl sites for hydroxylation is 1. The summed E-state index contributed by atoms with van der Waals surface area (Å²) in [6, 6.07) is 1.60. The fourth-order valence-electron chi connectivity index (χ4n) is 1.23. The number of aliphatic carboxylic acids is 1. The van der Waals surface area contributed by atoms with Gasteiger partial charge in [0.25, 0.3) is 5.91 Å². The molecule has 0 aliphatic heterocycles. The second kappa shape index (κ2) is 5.44. The maximum Gasteiger partial charge on any atom is 0.328 e. The molecule has 0 aliphatic carbocycles. The van der Waals surface area contributed by atoms with Crippen LogP contribution >= 0.6 is 11.3 Å². The molecule has 0 atom stereocenters. The van der Waals surface area contributed by atoms with E-state index in [1.807, 2.05) is 0 Å². The fourth-order valence-corrected chi connectivity index (χ4v) is 2.01. The second-order valence-electron chi connectivity index (χ2n) is 3.51. The Labute approximate surface area is 111 Å². The van der Waals surface area contributed by atoms with E-state index in [9.17, 15) is 9.59 Å². The lowest BCUT2D eigenvalue weighted by molar-refractivity contribution is -0.131. The first-order valence-corrected chi connectivity index (χ1v) is 6.04. The summed E-state index contributed by atoms with van der Waals surface area (Å²) in [4.78, 5) is 26.7. The van der Waals surface area contributed by atoms with Crippen LogP contribution in [0.15, 0.2) is 22.0 Å². The molecule has 0 unspecified atom stereocenters. The number of thiophene rings is 1. The number of hydrogen-bond acceptors (Lipinski definition) is 6. The minimum Gasteiger partial charge on any atom is -0.478 e. The Morgan fingerprint density at radius 1 is 1.53 bits per heavy atom. The molecule has 7 nitrogen and oxygen atoms in total. The smallest absolute Gasteiger partial charge is 0.328 e. The molecule has 0 saturated heterocycles. The SMILES string of the molecule is Cc1noc(NC(=O)c2csc(/C=C/C(=O)O)c2)n1. The zero-order valence-corrected chi connectivity index (χ0v) is 10.6. The highest BCUT2D eigenvalue weighted by molar-refractivity contribution is 7.11. The third-order valence-electron chi connectivity index (χ3n) is 2.02. The van der Waals surface area contributed by atoms with E-state index in [-0.39, 0.29) is 6.01 Å². The van der Waals surface area contributed by atoms with Gasteiger partial charge < -0.3 is 9.63 Å². The molecule has 0 fully saturated rings. The molecule has 1 amide bonds. The minimum atomic E-state index is -1.04. The molecule has 0 bridgehead atoms. The maximum atomic E-state index is 11.8. The summed E-state index contributed by atoms with van der Waals surface area (Å²) in [5, 5.41) is 16.1. The third-order valence-corrected chi connectivity index (χ3v) is 2.92. The highest BCUT2D eigenvalue weighted by atomic mass is 32.1. The molecule has 0 radical (unpaired) electrons. The Balaban J connectivity index is 2.06. The molecular formula is C11H9N3O4S. The molecule has 0 spiro atoms. The van der Waals surface area contributed by atoms with Gasteiger partial charge in [0.15, 0.2) is 5.82 Å². The molecular weight excluding hydrogens is 270 g/mol. The summed E-state index contributed by atoms with van der Waals surface area (Å²) in [5.41, 5.74) is 0.394. The van der Waals surface area contributed by atoms with Crippen LogP contribution in [0.2, 0.25) is 0 Å². The molecule has 19 heavy (non-hydrogen) atoms. The minimum absolute atomic E-state index is 0.0244. The number of amides is 1. The predicted molar refractivity (Wildman–Crippen MR) is 68.0 cm³/mol. The highest BCUT2D eigenvalue weighted by Crippen LogP contribution is 2.17. The highest BCUT2D eigenvalue weighted by Gasteiger charge is 2.11. The van der Waals surface area contributed by atoms with Gasteiger partial charge in [-0.2, -0.15) is 4.98 Å². The second-order valence-corrected chi connectivity index (χ2v) is 4.45. The standard InChI is InChI=1S/C11H9N3O4S/c1-6-12-11(18-14-6)13-10(17)7-4-8(19-5-7)2-3-9(15)16/h2-5H,1H3,(H,15,16)(H,12,13,14,17)/b3-2+. The van der Waals surface area contributed by atoms with Crippen LogP contribution in [0.3, 0.4) is 0 Å². The van der Waals surface area contributed by atoms with Crippen molar-refractivity contribution in [2.45, 2.75) is 6.92 Å². The number of aromatic nitrogens is 2. The first-order chi connectivity index (χ1) is 9.04. The van der Waals surface area contributed by atoms with E-state index in [0.29, 0.717) is 16.3 Å². The fraction of sp³-hybridized carbons (Fsp3) is 0.0909. The molecule has 2 aromatic rings. The number of carboxylic acid groups (broad SMARTS) is 1. The zero-order valence-electron chi connectivity index (χ0n) is 9.78. The lowest BCUT2D eigenvalue weighted by Gasteiger charge is -1.95. The van der Waals surface area contributed by atoms with E-state index in [4.69, 9.17) is 9.63 Å². The van der Waals surface area contributed by atoms with Gasteiger partial charge in [-0.15, -0.1) is 11.3 Å². The largest absolute Gasteiger partial charge is 0.478 e. The summed E-state index contributed by atoms with van der Waals surface area (Å²) in [7, 11) is 0. The van der Waals surface area contributed by atoms with Crippen molar-refractivity contribution in [3.8, 4) is 0 Å². The molecule has 2 aromatic heterocycles. The van der Waals surface area contributed by atoms with Crippen LogP contribution in [0.1, 0.15) is 21.1 Å². The van der Waals surface area contributed by atoms with E-state index in [0.717, 1.165) is 6.08 Å². The van der Waals surface area contributed by atoms with Gasteiger partial charge >= 0.3 is 12.0 Å². The number of nitrogens with zero attached hydrogens (tertiary/aromatic N) is 2. The Kier molecular flexibility index (Phi) is 3.71. The van der Waals surface area contributed by atoms with Gasteiger partial charge in [0.1, 0.15) is 0 Å². The first kappa shape index (κ1) is 13.0. The van der Waals surface area contributed by atoms with Gasteiger partial charge in [-0.1, -0.05) is 5.16 Å². The van der Waals surface area contributed by atoms with Crippen LogP contribution in [0.4, 0.5) is 6.01 Å². The van der Waals surface area contributed by atoms with Crippen molar-refractivity contribution >= 4 is 35.3 Å². The van der Waals surface area contributed by atoms with Gasteiger partial charge in [0.2, 0.25) is 0 Å². The molecule has 2 rings (SSSR count). The number of rotatable bonds is 4. The van der Waals surface area contributed by atoms with Gasteiger partial charge in [-0.3, -0.25) is 10.1 Å². The maximum absolute atomic E-state index is 11.8. The predicted octanol–water partition coefficient (Wildman–Crippen LogP) is 1.79. The van der Waals surface area contributed by atoms with Crippen molar-refractivity contribution in [3.63, 3.8) is 0 Å². The van der Waals surface area contributed by atoms with Crippen LogP contribution in [-0.4, -0.2) is 27.1 Å². The molecule has 0 aromatic carbocycles. The number of nitrogens with one attached hydrogen (secondary N) is 1. The van der Waals surface area contributed by atoms with Gasteiger partial charge in [0.05, 0.1) is 5.56 Å². The average molecular weight is 279 g/mol. The quantitative estimate of drug-likeness (QED) is 0.826. The van der Waals surface area contributed by atoms with Crippen LogP contribution in [0.25, 0.3) is 6.08 Å². The summed E-state index contributed by atoms with van der Waals surface area (Å²) in [5.74, 6) is -1.01. The number of hydrogen-bond donors (Lipinski definition) is 2. The van der Waals surface area contributed by atoms with E-state index >= 15 is 0 Å². The van der Waals surface area contributed by atoms with E-state index in [1.165, 1.54) is 17.4 Å². The molecule has 0 saturated carbocycles. The van der Waals surface area contributed by atoms with Gasteiger partial charge in [-0.05, 0) is 19.1 Å². The molecule has 8 heteroatoms. The Morgan fingerprint density at radius 3 is 2.95 bits per heavy atom. The van der Waals surface area contributed by atoms with E-state index in [1.54, 1.807) is 18.4 Å². The number of carboxylic acids is 1. The van der Waals surface area contributed by atoms with Crippen LogP contribution in [0.5, 0.6) is 0 Å². The number of anilines is 1. The summed E-state index contributed by atoms with van der Waals surface area (Å²) in [6.45, 7) is 1.64. The lowest BCUT2D eigenvalue weighted by Crippen LogP contribution is -2.10. The summed E-state index contributed by atoms with van der Waals surface area (Å²) in [6.07, 6.45) is 2.43. The molecule has 2 heterocycles. The van der Waals surface area contributed by atoms with Crippen molar-refractivity contribution in [3.05, 3.63) is 33.8 Å². The third kappa shape index (κ3) is 3.49. The normalized spacial score (nSPS) is 10.8. The summed E-state index contributed by atoms with van der Waals surface area (Å²) < 4.78 is 4.76. The van der Waals surface area contributed by atoms with E-state index < -0.39 is 11.9 Å². The zero-order chi connectivity index (χ0) is 13.8. The monoisotopic (exact) mass is 279 g/mol. The van der Waals surface area contributed by atoms with Crippen LogP contribution in [-0.2, 0) is 4.79 Å². The van der Waals surface area contributed by atoms with Crippen molar-refractivity contribution in [2.75, 3.05) is 5.32 Å². The van der Waals surface area contributed by atoms with Crippen molar-refractivity contribution in [1.29, 1.82) is 0 Å². The van der Waals surface area contributed by atoms with Crippen molar-refractivity contribution in [2.24, 2.45) is 0 Å². The average Bonchev–Trinajstić information content (AvgIpc) is 2.95. The van der Waals surface area contributed by atoms with Crippen LogP contribution < -0.4 is 5.32 Å². The molecule has 98 valence electrons. The summed E-state index contributed by atoms with van der Waals surface area (Å²) >= 11 is 1.26.